The monoisotopic (exact) mass is 637 g/mol. The predicted molar refractivity (Wildman–Crippen MR) is 150 cm³/mol. The van der Waals surface area contributed by atoms with Gasteiger partial charge in [0.15, 0.2) is 29.8 Å². The van der Waals surface area contributed by atoms with Crippen LogP contribution in [0.15, 0.2) is 52.4 Å². The first-order chi connectivity index (χ1) is 17.5. The van der Waals surface area contributed by atoms with E-state index in [9.17, 15) is 29.4 Å². The third kappa shape index (κ3) is 7.97. The average Bonchev–Trinajstić information content (AvgIpc) is 3.28. The van der Waals surface area contributed by atoms with Crippen molar-refractivity contribution in [1.82, 2.24) is 15.2 Å². The first-order valence-corrected chi connectivity index (χ1v) is 12.8. The Morgan fingerprint density at radius 1 is 1.17 bits per heavy atom. The Labute approximate surface area is 246 Å². The molecule has 0 aromatic carbocycles. The molecule has 20 heteroatoms. The van der Waals surface area contributed by atoms with Crippen molar-refractivity contribution in [2.24, 2.45) is 5.16 Å². The largest absolute Gasteiger partial charge is 0.478 e. The minimum absolute atomic E-state index is 0. The van der Waals surface area contributed by atoms with E-state index >= 15 is 0 Å². The molecule has 2 atom stereocenters. The number of oxime groups is 1. The summed E-state index contributed by atoms with van der Waals surface area (Å²) in [6.45, 7) is 2.80. The zero-order valence-electron chi connectivity index (χ0n) is 22.2. The highest BCUT2D eigenvalue weighted by atomic mass is 32.2. The van der Waals surface area contributed by atoms with Crippen molar-refractivity contribution >= 4 is 57.7 Å². The van der Waals surface area contributed by atoms with Crippen molar-refractivity contribution in [2.75, 3.05) is 11.5 Å². The molecule has 15 N–H and O–H groups in total. The van der Waals surface area contributed by atoms with Gasteiger partial charge in [0.05, 0.1) is 0 Å². The summed E-state index contributed by atoms with van der Waals surface area (Å²) in [7, 11) is 0. The molecule has 1 fully saturated rings. The van der Waals surface area contributed by atoms with Gasteiger partial charge >= 0.3 is 11.9 Å². The molecule has 0 saturated carbocycles. The number of pyridine rings is 1. The Hall–Kier alpha value is -4.18. The molecule has 42 heavy (non-hydrogen) atoms. The van der Waals surface area contributed by atoms with Crippen LogP contribution in [0.1, 0.15) is 19.5 Å². The van der Waals surface area contributed by atoms with Gasteiger partial charge in [-0.05, 0) is 13.8 Å². The normalized spacial score (nSPS) is 17.3. The second-order valence-electron chi connectivity index (χ2n) is 8.58. The van der Waals surface area contributed by atoms with Crippen molar-refractivity contribution in [3.8, 4) is 0 Å². The van der Waals surface area contributed by atoms with E-state index in [-0.39, 0.29) is 49.6 Å². The van der Waals surface area contributed by atoms with Crippen molar-refractivity contribution in [3.05, 3.63) is 52.9 Å². The van der Waals surface area contributed by atoms with Crippen LogP contribution in [0.5, 0.6) is 0 Å². The van der Waals surface area contributed by atoms with E-state index in [0.717, 1.165) is 11.3 Å². The second kappa shape index (κ2) is 15.7. The molecule has 2 aromatic rings. The minimum Gasteiger partial charge on any atom is -0.478 e. The number of thioether (sulfide) groups is 1. The highest BCUT2D eigenvalue weighted by Gasteiger charge is 2.54. The molecule has 234 valence electrons. The smallest absolute Gasteiger partial charge is 0.352 e. The lowest BCUT2D eigenvalue weighted by molar-refractivity contribution is -0.689. The number of nitrogens with two attached hydrogens (primary N) is 1. The highest BCUT2D eigenvalue weighted by Crippen LogP contribution is 2.40. The lowest BCUT2D eigenvalue weighted by Gasteiger charge is -2.49. The number of carboxylic acids is 2. The fraction of sp³-hybridized carbons (Fsp3) is 0.318. The van der Waals surface area contributed by atoms with E-state index < -0.39 is 40.8 Å². The predicted octanol–water partition coefficient (Wildman–Crippen LogP) is -4.09. The number of carbonyl (C=O) groups excluding carboxylic acids is 2. The van der Waals surface area contributed by atoms with E-state index in [1.807, 2.05) is 22.8 Å². The molecule has 2 unspecified atom stereocenters. The van der Waals surface area contributed by atoms with Crippen molar-refractivity contribution in [1.29, 1.82) is 0 Å². The minimum atomic E-state index is -1.75. The molecule has 2 aliphatic rings. The number of amides is 2. The van der Waals surface area contributed by atoms with Crippen LogP contribution in [0.2, 0.25) is 0 Å². The number of anilines is 1. The molecule has 0 spiro atoms. The van der Waals surface area contributed by atoms with Gasteiger partial charge in [0.25, 0.3) is 11.8 Å². The number of nitrogens with zero attached hydrogens (tertiary/aromatic N) is 4. The summed E-state index contributed by atoms with van der Waals surface area (Å²) in [4.78, 5) is 59.9. The molecule has 0 aliphatic carbocycles. The van der Waals surface area contributed by atoms with Crippen LogP contribution in [0.3, 0.4) is 0 Å². The SMILES string of the molecule is CC(C)(O/N=C(\C(=O)NC1C(=O)N2C(C(=O)O)=C(C[n+]3ccccc3)CSC12)c1csc(N)n1)C(=O)O.O.O.O.O.O. The number of nitrogens with one attached hydrogen (secondary N) is 1. The van der Waals surface area contributed by atoms with Crippen molar-refractivity contribution in [2.45, 2.75) is 37.4 Å². The van der Waals surface area contributed by atoms with Crippen LogP contribution in [0, 0.1) is 0 Å². The quantitative estimate of drug-likeness (QED) is 0.0890. The molecule has 4 heterocycles. The van der Waals surface area contributed by atoms with Crippen LogP contribution in [0.4, 0.5) is 5.13 Å². The average molecular weight is 638 g/mol. The zero-order valence-corrected chi connectivity index (χ0v) is 23.8. The Bertz CT molecular complexity index is 1330. The Morgan fingerprint density at radius 3 is 2.31 bits per heavy atom. The van der Waals surface area contributed by atoms with Gasteiger partial charge in [-0.15, -0.1) is 23.1 Å². The summed E-state index contributed by atoms with van der Waals surface area (Å²) in [5.41, 5.74) is 4.04. The number of aromatic nitrogens is 2. The van der Waals surface area contributed by atoms with Gasteiger partial charge in [0.2, 0.25) is 5.60 Å². The lowest BCUT2D eigenvalue weighted by atomic mass is 10.0. The fourth-order valence-electron chi connectivity index (χ4n) is 3.57. The maximum atomic E-state index is 13.1. The van der Waals surface area contributed by atoms with Crippen molar-refractivity contribution < 1.29 is 66.2 Å². The van der Waals surface area contributed by atoms with E-state index in [1.54, 1.807) is 12.4 Å². The number of carboxylic acid groups (broad SMARTS) is 2. The third-order valence-electron chi connectivity index (χ3n) is 5.55. The molecule has 18 nitrogen and oxygen atoms in total. The maximum Gasteiger partial charge on any atom is 0.352 e. The lowest BCUT2D eigenvalue weighted by Crippen LogP contribution is -2.71. The molecular weight excluding hydrogens is 604 g/mol. The second-order valence-corrected chi connectivity index (χ2v) is 10.6. The van der Waals surface area contributed by atoms with Crippen molar-refractivity contribution in [3.63, 3.8) is 0 Å². The number of aliphatic carboxylic acids is 2. The summed E-state index contributed by atoms with van der Waals surface area (Å²) in [5.74, 6) is -3.66. The van der Waals surface area contributed by atoms with E-state index in [4.69, 9.17) is 10.6 Å². The van der Waals surface area contributed by atoms with Crippen LogP contribution in [-0.2, 0) is 30.6 Å². The fourth-order valence-corrected chi connectivity index (χ4v) is 5.46. The number of β-lactam (4-membered cyclic amide) rings is 1. The molecule has 2 aliphatic heterocycles. The van der Waals surface area contributed by atoms with Gasteiger partial charge < -0.3 is 53.5 Å². The number of thiazole rings is 1. The Balaban J connectivity index is 0. The van der Waals surface area contributed by atoms with E-state index in [2.05, 4.69) is 15.5 Å². The van der Waals surface area contributed by atoms with E-state index in [0.29, 0.717) is 17.9 Å². The summed E-state index contributed by atoms with van der Waals surface area (Å²) >= 11 is 2.35. The van der Waals surface area contributed by atoms with Gasteiger partial charge in [-0.2, -0.15) is 0 Å². The number of nitrogen functional groups attached to an aromatic ring is 1. The molecule has 1 saturated heterocycles. The summed E-state index contributed by atoms with van der Waals surface area (Å²) < 4.78 is 1.81. The topological polar surface area (TPSA) is 346 Å². The standard InChI is InChI=1S/C22H22N6O7S2.5H2O/c1-22(2,20(33)34)35-26-13(12-10-37-21(23)24-12)16(29)25-14-17(30)28-15(19(31)32)11(9-36-18(14)28)8-27-6-4-3-5-7-27;;;;;/h3-7,10,14,18H,8-9H2,1-2H3,(H4-,23,24,25,29,31,32,33,34);5*1H2/p+1/b26-13-;;;;;. The van der Waals surface area contributed by atoms with Gasteiger partial charge in [-0.1, -0.05) is 11.2 Å². The Kier molecular flexibility index (Phi) is 15.0. The van der Waals surface area contributed by atoms with Gasteiger partial charge in [-0.25, -0.2) is 19.1 Å². The first kappa shape index (κ1) is 40.0. The number of fused-ring (bicyclic) bond motifs is 1. The number of hydrogen-bond donors (Lipinski definition) is 4. The van der Waals surface area contributed by atoms with Crippen LogP contribution in [-0.4, -0.2) is 99.7 Å². The number of carbonyl (C=O) groups is 4. The number of rotatable bonds is 9. The molecule has 2 aromatic heterocycles. The van der Waals surface area contributed by atoms with Crippen LogP contribution in [0.25, 0.3) is 0 Å². The number of hydrogen-bond acceptors (Lipinski definition) is 10. The first-order valence-electron chi connectivity index (χ1n) is 10.9. The molecule has 4 rings (SSSR count). The molecule has 0 radical (unpaired) electrons. The van der Waals surface area contributed by atoms with Gasteiger partial charge in [-0.3, -0.25) is 14.5 Å². The summed E-state index contributed by atoms with van der Waals surface area (Å²) in [6, 6.07) is 4.44. The molecule has 2 amide bonds. The summed E-state index contributed by atoms with van der Waals surface area (Å²) in [5, 5.41) is 26.3. The van der Waals surface area contributed by atoms with Gasteiger partial charge in [0, 0.05) is 28.8 Å². The zero-order chi connectivity index (χ0) is 26.9. The van der Waals surface area contributed by atoms with Gasteiger partial charge in [0.1, 0.15) is 22.8 Å². The molecular formula is C22H33N6O12S2+. The van der Waals surface area contributed by atoms with Crippen LogP contribution < -0.4 is 15.6 Å². The molecule has 0 bridgehead atoms. The Morgan fingerprint density at radius 2 is 1.79 bits per heavy atom. The van der Waals surface area contributed by atoms with Crippen LogP contribution >= 0.6 is 23.1 Å². The third-order valence-corrected chi connectivity index (χ3v) is 7.56. The maximum absolute atomic E-state index is 13.1. The highest BCUT2D eigenvalue weighted by molar-refractivity contribution is 8.00. The van der Waals surface area contributed by atoms with E-state index in [1.165, 1.54) is 35.9 Å². The summed E-state index contributed by atoms with van der Waals surface area (Å²) in [6.07, 6.45) is 3.59.